The highest BCUT2D eigenvalue weighted by atomic mass is 16.5. The highest BCUT2D eigenvalue weighted by Gasteiger charge is 2.23. The van der Waals surface area contributed by atoms with Crippen molar-refractivity contribution in [1.29, 1.82) is 0 Å². The van der Waals surface area contributed by atoms with E-state index in [2.05, 4.69) is 12.2 Å². The lowest BCUT2D eigenvalue weighted by Crippen LogP contribution is -2.21. The summed E-state index contributed by atoms with van der Waals surface area (Å²) in [5.41, 5.74) is 12.6. The normalized spacial score (nSPS) is 22.9. The second-order valence-electron chi connectivity index (χ2n) is 4.67. The third-order valence-electron chi connectivity index (χ3n) is 3.42. The van der Waals surface area contributed by atoms with Crippen LogP contribution in [-0.2, 0) is 4.74 Å². The smallest absolute Gasteiger partial charge is 0.250 e. The first kappa shape index (κ1) is 12.7. The maximum atomic E-state index is 11.2. The molecule has 0 bridgehead atoms. The van der Waals surface area contributed by atoms with Crippen LogP contribution in [0.15, 0.2) is 18.2 Å². The zero-order chi connectivity index (χ0) is 13.1. The minimum Gasteiger partial charge on any atom is -0.398 e. The van der Waals surface area contributed by atoms with Gasteiger partial charge in [-0.2, -0.15) is 0 Å². The fourth-order valence-corrected chi connectivity index (χ4v) is 2.17. The molecule has 5 heteroatoms. The lowest BCUT2D eigenvalue weighted by Gasteiger charge is -2.16. The van der Waals surface area contributed by atoms with Gasteiger partial charge in [0.2, 0.25) is 0 Å². The molecular weight excluding hydrogens is 230 g/mol. The number of anilines is 2. The van der Waals surface area contributed by atoms with Crippen molar-refractivity contribution in [3.8, 4) is 0 Å². The molecule has 2 rings (SSSR count). The van der Waals surface area contributed by atoms with E-state index >= 15 is 0 Å². The molecule has 18 heavy (non-hydrogen) atoms. The summed E-state index contributed by atoms with van der Waals surface area (Å²) in [6, 6.07) is 5.23. The first-order valence-corrected chi connectivity index (χ1v) is 6.12. The Bertz CT molecular complexity index is 448. The first-order chi connectivity index (χ1) is 8.58. The molecule has 0 aromatic heterocycles. The Morgan fingerprint density at radius 1 is 1.56 bits per heavy atom. The van der Waals surface area contributed by atoms with Gasteiger partial charge >= 0.3 is 0 Å². The maximum absolute atomic E-state index is 11.2. The van der Waals surface area contributed by atoms with Crippen LogP contribution in [0.3, 0.4) is 0 Å². The predicted molar refractivity (Wildman–Crippen MR) is 71.4 cm³/mol. The zero-order valence-electron chi connectivity index (χ0n) is 10.5. The van der Waals surface area contributed by atoms with E-state index in [1.54, 1.807) is 12.1 Å². The van der Waals surface area contributed by atoms with Crippen molar-refractivity contribution in [2.45, 2.75) is 19.4 Å². The largest absolute Gasteiger partial charge is 0.398 e. The van der Waals surface area contributed by atoms with Gasteiger partial charge in [0.1, 0.15) is 0 Å². The summed E-state index contributed by atoms with van der Waals surface area (Å²) in [5, 5.41) is 3.30. The van der Waals surface area contributed by atoms with Crippen LogP contribution in [0.5, 0.6) is 0 Å². The van der Waals surface area contributed by atoms with Crippen LogP contribution in [0.1, 0.15) is 23.7 Å². The number of rotatable bonds is 4. The third-order valence-corrected chi connectivity index (χ3v) is 3.42. The summed E-state index contributed by atoms with van der Waals surface area (Å²) >= 11 is 0. The molecule has 1 saturated heterocycles. The fraction of sp³-hybridized carbons (Fsp3) is 0.462. The standard InChI is InChI=1S/C13H19N3O2/c1-8-9(4-5-18-8)7-16-10-2-3-12(14)11(6-10)13(15)17/h2-3,6,8-9,16H,4-5,7,14H2,1H3,(H2,15,17). The van der Waals surface area contributed by atoms with Gasteiger partial charge in [-0.05, 0) is 31.5 Å². The topological polar surface area (TPSA) is 90.4 Å². The second kappa shape index (κ2) is 5.27. The highest BCUT2D eigenvalue weighted by molar-refractivity contribution is 5.98. The number of carbonyl (C=O) groups excluding carboxylic acids is 1. The molecule has 98 valence electrons. The molecule has 1 aliphatic rings. The van der Waals surface area contributed by atoms with Crippen molar-refractivity contribution >= 4 is 17.3 Å². The molecule has 1 fully saturated rings. The summed E-state index contributed by atoms with van der Waals surface area (Å²) in [5.74, 6) is -0.00620. The summed E-state index contributed by atoms with van der Waals surface area (Å²) in [6.07, 6.45) is 1.34. The molecule has 2 unspecified atom stereocenters. The number of primary amides is 1. The van der Waals surface area contributed by atoms with Gasteiger partial charge in [0.25, 0.3) is 5.91 Å². The molecule has 1 aromatic rings. The van der Waals surface area contributed by atoms with Gasteiger partial charge < -0.3 is 21.5 Å². The average Bonchev–Trinajstić information content (AvgIpc) is 2.73. The number of nitrogen functional groups attached to an aromatic ring is 1. The second-order valence-corrected chi connectivity index (χ2v) is 4.67. The van der Waals surface area contributed by atoms with Crippen LogP contribution in [0, 0.1) is 5.92 Å². The van der Waals surface area contributed by atoms with Crippen LogP contribution < -0.4 is 16.8 Å². The Kier molecular flexibility index (Phi) is 3.72. The molecule has 1 aromatic carbocycles. The molecule has 5 N–H and O–H groups in total. The monoisotopic (exact) mass is 249 g/mol. The number of amides is 1. The summed E-state index contributed by atoms with van der Waals surface area (Å²) < 4.78 is 5.50. The number of hydrogen-bond donors (Lipinski definition) is 3. The molecule has 0 aliphatic carbocycles. The van der Waals surface area contributed by atoms with Crippen molar-refractivity contribution in [2.24, 2.45) is 11.7 Å². The average molecular weight is 249 g/mol. The Morgan fingerprint density at radius 2 is 2.33 bits per heavy atom. The molecule has 0 radical (unpaired) electrons. The van der Waals surface area contributed by atoms with E-state index < -0.39 is 5.91 Å². The fourth-order valence-electron chi connectivity index (χ4n) is 2.17. The number of benzene rings is 1. The van der Waals surface area contributed by atoms with E-state index in [1.807, 2.05) is 6.07 Å². The third kappa shape index (κ3) is 2.73. The first-order valence-electron chi connectivity index (χ1n) is 6.12. The van der Waals surface area contributed by atoms with E-state index in [1.165, 1.54) is 0 Å². The Hall–Kier alpha value is -1.75. The van der Waals surface area contributed by atoms with E-state index in [0.29, 0.717) is 17.2 Å². The van der Waals surface area contributed by atoms with Gasteiger partial charge in [-0.1, -0.05) is 0 Å². The quantitative estimate of drug-likeness (QED) is 0.699. The molecule has 2 atom stereocenters. The van der Waals surface area contributed by atoms with E-state index in [-0.39, 0.29) is 6.10 Å². The Morgan fingerprint density at radius 3 is 2.94 bits per heavy atom. The molecule has 5 nitrogen and oxygen atoms in total. The molecule has 1 amide bonds. The summed E-state index contributed by atoms with van der Waals surface area (Å²) in [7, 11) is 0. The lowest BCUT2D eigenvalue weighted by atomic mass is 10.0. The van der Waals surface area contributed by atoms with Gasteiger partial charge in [0.15, 0.2) is 0 Å². The van der Waals surface area contributed by atoms with Gasteiger partial charge in [-0.3, -0.25) is 4.79 Å². The SMILES string of the molecule is CC1OCCC1CNc1ccc(N)c(C(N)=O)c1. The Labute approximate surface area is 106 Å². The molecular formula is C13H19N3O2. The van der Waals surface area contributed by atoms with Crippen LogP contribution in [-0.4, -0.2) is 25.2 Å². The summed E-state index contributed by atoms with van der Waals surface area (Å²) in [4.78, 5) is 11.2. The number of ether oxygens (including phenoxy) is 1. The predicted octanol–water partition coefficient (Wildman–Crippen LogP) is 1.20. The van der Waals surface area contributed by atoms with Crippen molar-refractivity contribution < 1.29 is 9.53 Å². The lowest BCUT2D eigenvalue weighted by molar-refractivity contribution is 0.100. The van der Waals surface area contributed by atoms with Crippen LogP contribution in [0.25, 0.3) is 0 Å². The molecule has 0 spiro atoms. The van der Waals surface area contributed by atoms with Gasteiger partial charge in [-0.15, -0.1) is 0 Å². The van der Waals surface area contributed by atoms with Gasteiger partial charge in [0.05, 0.1) is 11.7 Å². The molecule has 1 heterocycles. The van der Waals surface area contributed by atoms with Gasteiger partial charge in [0, 0.05) is 30.4 Å². The van der Waals surface area contributed by atoms with Crippen LogP contribution in [0.4, 0.5) is 11.4 Å². The minimum absolute atomic E-state index is 0.280. The van der Waals surface area contributed by atoms with Gasteiger partial charge in [-0.25, -0.2) is 0 Å². The number of carbonyl (C=O) groups is 1. The molecule has 0 saturated carbocycles. The van der Waals surface area contributed by atoms with Crippen molar-refractivity contribution in [1.82, 2.24) is 0 Å². The number of nitrogens with one attached hydrogen (secondary N) is 1. The molecule has 1 aliphatic heterocycles. The summed E-state index contributed by atoms with van der Waals surface area (Å²) in [6.45, 7) is 3.72. The van der Waals surface area contributed by atoms with Crippen LogP contribution >= 0.6 is 0 Å². The maximum Gasteiger partial charge on any atom is 0.250 e. The number of hydrogen-bond acceptors (Lipinski definition) is 4. The van der Waals surface area contributed by atoms with Crippen molar-refractivity contribution in [3.05, 3.63) is 23.8 Å². The van der Waals surface area contributed by atoms with E-state index in [0.717, 1.165) is 25.3 Å². The van der Waals surface area contributed by atoms with E-state index in [4.69, 9.17) is 16.2 Å². The van der Waals surface area contributed by atoms with Crippen molar-refractivity contribution in [3.63, 3.8) is 0 Å². The minimum atomic E-state index is -0.506. The number of nitrogens with two attached hydrogens (primary N) is 2. The highest BCUT2D eigenvalue weighted by Crippen LogP contribution is 2.22. The van der Waals surface area contributed by atoms with Crippen LogP contribution in [0.2, 0.25) is 0 Å². The van der Waals surface area contributed by atoms with E-state index in [9.17, 15) is 4.79 Å². The zero-order valence-corrected chi connectivity index (χ0v) is 10.5. The van der Waals surface area contributed by atoms with Crippen molar-refractivity contribution in [2.75, 3.05) is 24.2 Å². The Balaban J connectivity index is 2.01.